The molecule has 2 heterocycles. The highest BCUT2D eigenvalue weighted by Crippen LogP contribution is 2.34. The Hall–Kier alpha value is -2.21. The Morgan fingerprint density at radius 2 is 2.20 bits per heavy atom. The summed E-state index contributed by atoms with van der Waals surface area (Å²) in [6.07, 6.45) is 3.31. The lowest BCUT2D eigenvalue weighted by atomic mass is 10.0. The second-order valence-electron chi connectivity index (χ2n) is 4.88. The van der Waals surface area contributed by atoms with Crippen LogP contribution in [0.25, 0.3) is 10.8 Å². The molecule has 1 N–H and O–H groups in total. The highest BCUT2D eigenvalue weighted by Gasteiger charge is 2.26. The lowest BCUT2D eigenvalue weighted by Gasteiger charge is -2.39. The van der Waals surface area contributed by atoms with E-state index in [-0.39, 0.29) is 10.6 Å². The van der Waals surface area contributed by atoms with Crippen molar-refractivity contribution in [1.82, 2.24) is 10.3 Å². The fourth-order valence-electron chi connectivity index (χ4n) is 2.69. The highest BCUT2D eigenvalue weighted by molar-refractivity contribution is 5.99. The Labute approximate surface area is 116 Å². The molecular weight excluding hydrogens is 256 g/mol. The van der Waals surface area contributed by atoms with E-state index in [0.29, 0.717) is 11.4 Å². The molecule has 3 rings (SSSR count). The van der Waals surface area contributed by atoms with E-state index in [2.05, 4.69) is 22.1 Å². The first-order valence-corrected chi connectivity index (χ1v) is 6.71. The number of nitrogens with zero attached hydrogens (tertiary/aromatic N) is 3. The second-order valence-corrected chi connectivity index (χ2v) is 4.88. The van der Waals surface area contributed by atoms with E-state index in [1.165, 1.54) is 0 Å². The van der Waals surface area contributed by atoms with Gasteiger partial charge in [-0.25, -0.2) is 0 Å². The minimum Gasteiger partial charge on any atom is -0.366 e. The standard InChI is InChI=1S/C14H16N4O2/c1-2-17(10-7-16-8-10)13-3-4-14(18(19)20)11-5-6-15-9-12(11)13/h3-6,9-10,16H,2,7-8H2,1H3. The van der Waals surface area contributed by atoms with E-state index >= 15 is 0 Å². The van der Waals surface area contributed by atoms with Crippen LogP contribution in [0, 0.1) is 10.1 Å². The number of nitro groups is 1. The minimum absolute atomic E-state index is 0.133. The van der Waals surface area contributed by atoms with Crippen molar-refractivity contribution in [3.8, 4) is 0 Å². The van der Waals surface area contributed by atoms with Gasteiger partial charge in [-0.05, 0) is 19.1 Å². The van der Waals surface area contributed by atoms with E-state index in [0.717, 1.165) is 30.7 Å². The minimum atomic E-state index is -0.340. The third-order valence-corrected chi connectivity index (χ3v) is 3.82. The largest absolute Gasteiger partial charge is 0.366 e. The number of non-ortho nitro benzene ring substituents is 1. The highest BCUT2D eigenvalue weighted by atomic mass is 16.6. The van der Waals surface area contributed by atoms with Crippen molar-refractivity contribution in [3.05, 3.63) is 40.7 Å². The molecule has 1 aliphatic heterocycles. The van der Waals surface area contributed by atoms with Crippen molar-refractivity contribution in [2.24, 2.45) is 0 Å². The molecule has 0 spiro atoms. The normalized spacial score (nSPS) is 15.1. The summed E-state index contributed by atoms with van der Waals surface area (Å²) >= 11 is 0. The van der Waals surface area contributed by atoms with E-state index in [4.69, 9.17) is 0 Å². The number of anilines is 1. The average molecular weight is 272 g/mol. The summed E-state index contributed by atoms with van der Waals surface area (Å²) in [6, 6.07) is 5.59. The molecule has 0 atom stereocenters. The SMILES string of the molecule is CCN(c1ccc([N+](=O)[O-])c2ccncc12)C1CNC1. The van der Waals surface area contributed by atoms with Crippen LogP contribution in [0.2, 0.25) is 0 Å². The van der Waals surface area contributed by atoms with Gasteiger partial charge in [0.05, 0.1) is 16.4 Å². The summed E-state index contributed by atoms with van der Waals surface area (Å²) in [5.74, 6) is 0. The molecule has 0 saturated carbocycles. The Morgan fingerprint density at radius 1 is 1.40 bits per heavy atom. The lowest BCUT2D eigenvalue weighted by molar-refractivity contribution is -0.383. The monoisotopic (exact) mass is 272 g/mol. The zero-order valence-electron chi connectivity index (χ0n) is 11.2. The summed E-state index contributed by atoms with van der Waals surface area (Å²) < 4.78 is 0. The van der Waals surface area contributed by atoms with Crippen molar-refractivity contribution in [2.45, 2.75) is 13.0 Å². The van der Waals surface area contributed by atoms with E-state index in [1.54, 1.807) is 24.5 Å². The molecule has 1 saturated heterocycles. The van der Waals surface area contributed by atoms with Gasteiger partial charge in [0.2, 0.25) is 0 Å². The average Bonchev–Trinajstić information content (AvgIpc) is 2.41. The quantitative estimate of drug-likeness (QED) is 0.680. The van der Waals surface area contributed by atoms with Crippen LogP contribution in [0.1, 0.15) is 6.92 Å². The van der Waals surface area contributed by atoms with Crippen LogP contribution in [0.4, 0.5) is 11.4 Å². The maximum Gasteiger partial charge on any atom is 0.277 e. The smallest absolute Gasteiger partial charge is 0.277 e. The van der Waals surface area contributed by atoms with E-state index < -0.39 is 0 Å². The molecule has 1 aliphatic rings. The zero-order chi connectivity index (χ0) is 14.1. The first kappa shape index (κ1) is 12.8. The molecule has 2 aromatic rings. The van der Waals surface area contributed by atoms with Crippen LogP contribution in [-0.2, 0) is 0 Å². The first-order chi connectivity index (χ1) is 9.72. The van der Waals surface area contributed by atoms with Crippen molar-refractivity contribution < 1.29 is 4.92 Å². The number of likely N-dealkylation sites (N-methyl/N-ethyl adjacent to an activating group) is 1. The third kappa shape index (κ3) is 1.98. The number of hydrogen-bond donors (Lipinski definition) is 1. The third-order valence-electron chi connectivity index (χ3n) is 3.82. The summed E-state index contributed by atoms with van der Waals surface area (Å²) in [4.78, 5) is 17.2. The van der Waals surface area contributed by atoms with Gasteiger partial charge < -0.3 is 10.2 Å². The van der Waals surface area contributed by atoms with E-state index in [9.17, 15) is 10.1 Å². The maximum absolute atomic E-state index is 11.1. The molecule has 1 aromatic heterocycles. The van der Waals surface area contributed by atoms with Crippen LogP contribution >= 0.6 is 0 Å². The Kier molecular flexibility index (Phi) is 3.23. The fraction of sp³-hybridized carbons (Fsp3) is 0.357. The molecule has 0 bridgehead atoms. The Morgan fingerprint density at radius 3 is 2.80 bits per heavy atom. The van der Waals surface area contributed by atoms with Gasteiger partial charge in [0, 0.05) is 49.2 Å². The zero-order valence-corrected chi connectivity index (χ0v) is 11.2. The number of nitro benzene ring substituents is 1. The maximum atomic E-state index is 11.1. The number of fused-ring (bicyclic) bond motifs is 1. The van der Waals surface area contributed by atoms with Gasteiger partial charge in [0.25, 0.3) is 5.69 Å². The number of pyridine rings is 1. The first-order valence-electron chi connectivity index (χ1n) is 6.71. The fourth-order valence-corrected chi connectivity index (χ4v) is 2.69. The van der Waals surface area contributed by atoms with E-state index in [1.807, 2.05) is 6.07 Å². The number of nitrogens with one attached hydrogen (secondary N) is 1. The van der Waals surface area contributed by atoms with Crippen molar-refractivity contribution in [2.75, 3.05) is 24.5 Å². The van der Waals surface area contributed by atoms with Crippen molar-refractivity contribution in [3.63, 3.8) is 0 Å². The molecule has 0 unspecified atom stereocenters. The molecule has 0 aliphatic carbocycles. The number of hydrogen-bond acceptors (Lipinski definition) is 5. The Bertz CT molecular complexity index is 655. The summed E-state index contributed by atoms with van der Waals surface area (Å²) in [5, 5.41) is 15.9. The van der Waals surface area contributed by atoms with Gasteiger partial charge in [-0.1, -0.05) is 0 Å². The predicted octanol–water partition coefficient (Wildman–Crippen LogP) is 1.94. The van der Waals surface area contributed by atoms with Gasteiger partial charge in [0.1, 0.15) is 0 Å². The molecule has 1 aromatic carbocycles. The number of rotatable bonds is 4. The van der Waals surface area contributed by atoms with Crippen LogP contribution in [0.3, 0.4) is 0 Å². The molecular formula is C14H16N4O2. The van der Waals surface area contributed by atoms with Gasteiger partial charge >= 0.3 is 0 Å². The van der Waals surface area contributed by atoms with Crippen LogP contribution in [0.5, 0.6) is 0 Å². The molecule has 0 amide bonds. The predicted molar refractivity (Wildman–Crippen MR) is 78.1 cm³/mol. The number of aromatic nitrogens is 1. The molecule has 20 heavy (non-hydrogen) atoms. The Balaban J connectivity index is 2.16. The molecule has 104 valence electrons. The summed E-state index contributed by atoms with van der Waals surface area (Å²) in [6.45, 7) is 4.87. The van der Waals surface area contributed by atoms with Crippen LogP contribution in [0.15, 0.2) is 30.6 Å². The second kappa shape index (κ2) is 5.05. The topological polar surface area (TPSA) is 71.3 Å². The van der Waals surface area contributed by atoms with Crippen molar-refractivity contribution >= 4 is 22.1 Å². The molecule has 6 nitrogen and oxygen atoms in total. The van der Waals surface area contributed by atoms with Crippen LogP contribution in [-0.4, -0.2) is 35.6 Å². The summed E-state index contributed by atoms with van der Waals surface area (Å²) in [5.41, 5.74) is 1.15. The number of benzene rings is 1. The van der Waals surface area contributed by atoms with Gasteiger partial charge in [-0.15, -0.1) is 0 Å². The van der Waals surface area contributed by atoms with Gasteiger partial charge in [-0.2, -0.15) is 0 Å². The van der Waals surface area contributed by atoms with Crippen LogP contribution < -0.4 is 10.2 Å². The molecule has 0 radical (unpaired) electrons. The molecule has 1 fully saturated rings. The van der Waals surface area contributed by atoms with Crippen molar-refractivity contribution in [1.29, 1.82) is 0 Å². The summed E-state index contributed by atoms with van der Waals surface area (Å²) in [7, 11) is 0. The van der Waals surface area contributed by atoms with Gasteiger partial charge in [0.15, 0.2) is 0 Å². The molecule has 6 heteroatoms. The van der Waals surface area contributed by atoms with Gasteiger partial charge in [-0.3, -0.25) is 15.1 Å². The lowest BCUT2D eigenvalue weighted by Crippen LogP contribution is -2.57.